The molecule has 44 heavy (non-hydrogen) atoms. The lowest BCUT2D eigenvalue weighted by Crippen LogP contribution is -2.38. The van der Waals surface area contributed by atoms with Crippen molar-refractivity contribution in [3.63, 3.8) is 0 Å². The summed E-state index contributed by atoms with van der Waals surface area (Å²) >= 11 is 0. The highest BCUT2D eigenvalue weighted by Gasteiger charge is 2.38. The summed E-state index contributed by atoms with van der Waals surface area (Å²) in [5, 5.41) is 8.46. The molecule has 5 rings (SSSR count). The maximum atomic E-state index is 14.6. The Morgan fingerprint density at radius 3 is 2.57 bits per heavy atom. The molecule has 0 aliphatic carbocycles. The van der Waals surface area contributed by atoms with Crippen molar-refractivity contribution in [1.82, 2.24) is 10.2 Å². The molecular formula is C31H33FN4O7S. The maximum Gasteiger partial charge on any atom is 0.411 e. The Kier molecular flexibility index (Phi) is 8.51. The van der Waals surface area contributed by atoms with Gasteiger partial charge in [-0.3, -0.25) is 14.9 Å². The summed E-state index contributed by atoms with van der Waals surface area (Å²) in [7, 11) is -0.942. The number of nitrogens with one attached hydrogen (secondary N) is 3. The predicted octanol–water partition coefficient (Wildman–Crippen LogP) is 4.48. The van der Waals surface area contributed by atoms with E-state index < -0.39 is 39.7 Å². The lowest BCUT2D eigenvalue weighted by molar-refractivity contribution is -0.133. The fourth-order valence-corrected chi connectivity index (χ4v) is 6.82. The Hall–Kier alpha value is -4.65. The minimum atomic E-state index is -3.71. The quantitative estimate of drug-likeness (QED) is 0.333. The van der Waals surface area contributed by atoms with E-state index in [1.54, 1.807) is 30.2 Å². The Labute approximate surface area is 254 Å². The Morgan fingerprint density at radius 1 is 1.11 bits per heavy atom. The van der Waals surface area contributed by atoms with Crippen molar-refractivity contribution < 1.29 is 36.7 Å². The summed E-state index contributed by atoms with van der Waals surface area (Å²) in [4.78, 5) is 40.4. The molecule has 0 saturated carbocycles. The van der Waals surface area contributed by atoms with E-state index in [4.69, 9.17) is 4.74 Å². The molecular weight excluding hydrogens is 591 g/mol. The minimum absolute atomic E-state index is 0.0448. The monoisotopic (exact) mass is 624 g/mol. The van der Waals surface area contributed by atoms with Gasteiger partial charge in [-0.2, -0.15) is 0 Å². The lowest BCUT2D eigenvalue weighted by atomic mass is 9.98. The number of sulfone groups is 1. The van der Waals surface area contributed by atoms with Gasteiger partial charge in [0.1, 0.15) is 17.6 Å². The summed E-state index contributed by atoms with van der Waals surface area (Å²) < 4.78 is 50.3. The molecule has 13 heteroatoms. The van der Waals surface area contributed by atoms with Gasteiger partial charge in [-0.05, 0) is 78.9 Å². The summed E-state index contributed by atoms with van der Waals surface area (Å²) in [5.41, 5.74) is 2.83. The molecule has 0 aromatic heterocycles. The Morgan fingerprint density at radius 2 is 1.89 bits per heavy atom. The maximum absolute atomic E-state index is 14.6. The van der Waals surface area contributed by atoms with E-state index in [0.29, 0.717) is 53.2 Å². The van der Waals surface area contributed by atoms with Crippen molar-refractivity contribution in [2.75, 3.05) is 37.7 Å². The number of ether oxygens (including phenoxy) is 2. The molecule has 11 nitrogen and oxygen atoms in total. The average molecular weight is 625 g/mol. The first-order chi connectivity index (χ1) is 20.9. The van der Waals surface area contributed by atoms with E-state index >= 15 is 0 Å². The number of fused-ring (bicyclic) bond motifs is 1. The number of halogens is 1. The van der Waals surface area contributed by atoms with Crippen molar-refractivity contribution in [3.05, 3.63) is 82.2 Å². The van der Waals surface area contributed by atoms with Crippen LogP contribution in [0, 0.1) is 12.7 Å². The van der Waals surface area contributed by atoms with Gasteiger partial charge in [-0.1, -0.05) is 6.07 Å². The van der Waals surface area contributed by atoms with Crippen LogP contribution in [-0.2, 0) is 25.9 Å². The fraction of sp³-hybridized carbons (Fsp3) is 0.323. The number of carbonyl (C=O) groups is 3. The molecule has 232 valence electrons. The van der Waals surface area contributed by atoms with Crippen molar-refractivity contribution in [2.24, 2.45) is 0 Å². The van der Waals surface area contributed by atoms with E-state index in [2.05, 4.69) is 20.7 Å². The largest absolute Gasteiger partial charge is 0.496 e. The third kappa shape index (κ3) is 5.91. The summed E-state index contributed by atoms with van der Waals surface area (Å²) in [6.07, 6.45) is 1.46. The number of rotatable bonds is 8. The molecule has 3 amide bonds. The first kappa shape index (κ1) is 30.8. The zero-order valence-corrected chi connectivity index (χ0v) is 25.5. The molecule has 2 aliphatic rings. The van der Waals surface area contributed by atoms with Crippen LogP contribution in [0.1, 0.15) is 57.5 Å². The van der Waals surface area contributed by atoms with Crippen LogP contribution in [0.2, 0.25) is 0 Å². The van der Waals surface area contributed by atoms with Gasteiger partial charge in [0, 0.05) is 36.3 Å². The minimum Gasteiger partial charge on any atom is -0.496 e. The molecule has 0 spiro atoms. The standard InChI is InChI=1S/C31H33FN4O7S/c1-17-14-18(7-11-25(17)42-2)28(35-23-10-9-22(32)27-21(23)16-33-29(27)37)30(38)36-13-5-6-24(36)20-15-19(34-31(39)43-3)8-12-26(20)44(4,40)41/h7-12,14-15,24,28,35H,5-6,13,16H2,1-4H3,(H,33,37)(H,34,39)/t24-,28?/m1/s1. The van der Waals surface area contributed by atoms with E-state index in [-0.39, 0.29) is 22.9 Å². The molecule has 1 saturated heterocycles. The number of benzene rings is 3. The highest BCUT2D eigenvalue weighted by molar-refractivity contribution is 7.90. The zero-order valence-electron chi connectivity index (χ0n) is 24.7. The number of nitrogens with zero attached hydrogens (tertiary/aromatic N) is 1. The van der Waals surface area contributed by atoms with Gasteiger partial charge in [-0.15, -0.1) is 0 Å². The number of likely N-dealkylation sites (tertiary alicyclic amines) is 1. The second-order valence-corrected chi connectivity index (χ2v) is 12.8. The van der Waals surface area contributed by atoms with Crippen LogP contribution in [0.15, 0.2) is 53.4 Å². The smallest absolute Gasteiger partial charge is 0.411 e. The number of hydrogen-bond donors (Lipinski definition) is 3. The number of anilines is 2. The van der Waals surface area contributed by atoms with Crippen LogP contribution in [0.5, 0.6) is 5.75 Å². The normalized spacial score (nSPS) is 16.6. The van der Waals surface area contributed by atoms with Gasteiger partial charge in [0.25, 0.3) is 5.91 Å². The molecule has 0 bridgehead atoms. The van der Waals surface area contributed by atoms with E-state index in [1.165, 1.54) is 31.4 Å². The summed E-state index contributed by atoms with van der Waals surface area (Å²) in [5.74, 6) is -0.905. The van der Waals surface area contributed by atoms with Crippen molar-refractivity contribution in [1.29, 1.82) is 0 Å². The van der Waals surface area contributed by atoms with Crippen LogP contribution in [-0.4, -0.2) is 58.2 Å². The third-order valence-corrected chi connectivity index (χ3v) is 9.12. The van der Waals surface area contributed by atoms with Crippen LogP contribution >= 0.6 is 0 Å². The molecule has 0 radical (unpaired) electrons. The van der Waals surface area contributed by atoms with E-state index in [9.17, 15) is 27.2 Å². The number of amides is 3. The molecule has 2 aliphatic heterocycles. The van der Waals surface area contributed by atoms with E-state index in [1.807, 2.05) is 13.0 Å². The van der Waals surface area contributed by atoms with Crippen molar-refractivity contribution in [3.8, 4) is 5.75 Å². The van der Waals surface area contributed by atoms with Gasteiger partial charge in [-0.25, -0.2) is 17.6 Å². The van der Waals surface area contributed by atoms with Gasteiger partial charge >= 0.3 is 6.09 Å². The van der Waals surface area contributed by atoms with Gasteiger partial charge in [0.05, 0.1) is 30.7 Å². The zero-order chi connectivity index (χ0) is 31.8. The SMILES string of the molecule is COC(=O)Nc1ccc(S(C)(=O)=O)c([C@H]2CCCN2C(=O)C(Nc2ccc(F)c3c2CNC3=O)c2ccc(OC)c(C)c2)c1. The van der Waals surface area contributed by atoms with Crippen molar-refractivity contribution in [2.45, 2.75) is 43.3 Å². The molecule has 1 unspecified atom stereocenters. The molecule has 2 heterocycles. The Balaban J connectivity index is 1.58. The third-order valence-electron chi connectivity index (χ3n) is 7.95. The predicted molar refractivity (Wildman–Crippen MR) is 161 cm³/mol. The highest BCUT2D eigenvalue weighted by atomic mass is 32.2. The van der Waals surface area contributed by atoms with Crippen LogP contribution in [0.25, 0.3) is 0 Å². The van der Waals surface area contributed by atoms with Gasteiger partial charge in [0.2, 0.25) is 5.91 Å². The second kappa shape index (κ2) is 12.2. The van der Waals surface area contributed by atoms with Crippen molar-refractivity contribution >= 4 is 39.1 Å². The second-order valence-electron chi connectivity index (χ2n) is 10.8. The fourth-order valence-electron chi connectivity index (χ4n) is 5.88. The first-order valence-electron chi connectivity index (χ1n) is 13.9. The van der Waals surface area contributed by atoms with Crippen LogP contribution < -0.4 is 20.7 Å². The average Bonchev–Trinajstić information content (AvgIpc) is 3.64. The van der Waals surface area contributed by atoms with Crippen LogP contribution in [0.3, 0.4) is 0 Å². The van der Waals surface area contributed by atoms with Gasteiger partial charge < -0.3 is 25.0 Å². The molecule has 3 N–H and O–H groups in total. The molecule has 3 aromatic carbocycles. The summed E-state index contributed by atoms with van der Waals surface area (Å²) in [6, 6.07) is 10.8. The Bertz CT molecular complexity index is 1760. The number of aryl methyl sites for hydroxylation is 1. The van der Waals surface area contributed by atoms with Crippen LogP contribution in [0.4, 0.5) is 20.6 Å². The lowest BCUT2D eigenvalue weighted by Gasteiger charge is -2.32. The summed E-state index contributed by atoms with van der Waals surface area (Å²) in [6.45, 7) is 2.29. The molecule has 3 aromatic rings. The number of carbonyl (C=O) groups excluding carboxylic acids is 3. The molecule has 2 atom stereocenters. The van der Waals surface area contributed by atoms with E-state index in [0.717, 1.165) is 11.8 Å². The van der Waals surface area contributed by atoms with Gasteiger partial charge in [0.15, 0.2) is 9.84 Å². The molecule has 1 fully saturated rings. The highest BCUT2D eigenvalue weighted by Crippen LogP contribution is 2.40. The number of methoxy groups -OCH3 is 2. The number of hydrogen-bond acceptors (Lipinski definition) is 8. The first-order valence-corrected chi connectivity index (χ1v) is 15.8. The topological polar surface area (TPSA) is 143 Å².